The molecular formula is C20H20FN3O5S. The van der Waals surface area contributed by atoms with E-state index >= 15 is 0 Å². The van der Waals surface area contributed by atoms with Gasteiger partial charge in [-0.3, -0.25) is 4.79 Å². The molecule has 0 fully saturated rings. The third-order valence-corrected chi connectivity index (χ3v) is 5.66. The van der Waals surface area contributed by atoms with Crippen LogP contribution in [0.3, 0.4) is 0 Å². The van der Waals surface area contributed by atoms with Gasteiger partial charge in [-0.1, -0.05) is 17.3 Å². The van der Waals surface area contributed by atoms with Gasteiger partial charge in [0.15, 0.2) is 15.7 Å². The van der Waals surface area contributed by atoms with E-state index in [1.54, 1.807) is 24.3 Å². The quantitative estimate of drug-likeness (QED) is 0.516. The number of rotatable bonds is 9. The number of hydrogen-bond acceptors (Lipinski definition) is 7. The lowest BCUT2D eigenvalue weighted by Gasteiger charge is -2.10. The Morgan fingerprint density at radius 1 is 1.17 bits per heavy atom. The van der Waals surface area contributed by atoms with Gasteiger partial charge in [-0.05, 0) is 43.3 Å². The summed E-state index contributed by atoms with van der Waals surface area (Å²) in [6, 6.07) is 11.6. The molecule has 0 saturated heterocycles. The molecule has 1 N–H and O–H groups in total. The number of aromatic nitrogens is 2. The second-order valence-corrected chi connectivity index (χ2v) is 8.28. The van der Waals surface area contributed by atoms with Gasteiger partial charge in [0.25, 0.3) is 0 Å². The molecule has 0 bridgehead atoms. The molecule has 3 aromatic rings. The van der Waals surface area contributed by atoms with Gasteiger partial charge >= 0.3 is 0 Å². The summed E-state index contributed by atoms with van der Waals surface area (Å²) in [4.78, 5) is 16.2. The minimum absolute atomic E-state index is 0.0311. The standard InChI is InChI=1S/C20H20FN3O5S/c1-2-28-17-6-4-3-5-16(17)22-19(25)11-12-20-23-18(24-29-20)13-30(26,27)15-9-7-14(21)8-10-15/h3-10H,2,11-13H2,1H3,(H,22,25). The number of amides is 1. The first-order valence-electron chi connectivity index (χ1n) is 9.19. The molecule has 0 radical (unpaired) electrons. The van der Waals surface area contributed by atoms with Crippen molar-refractivity contribution in [1.82, 2.24) is 10.1 Å². The smallest absolute Gasteiger partial charge is 0.227 e. The van der Waals surface area contributed by atoms with Crippen LogP contribution in [0.5, 0.6) is 5.75 Å². The van der Waals surface area contributed by atoms with Gasteiger partial charge in [0.05, 0.1) is 17.2 Å². The zero-order valence-electron chi connectivity index (χ0n) is 16.2. The molecule has 0 aliphatic heterocycles. The Morgan fingerprint density at radius 2 is 1.90 bits per heavy atom. The number of halogens is 1. The zero-order chi connectivity index (χ0) is 21.6. The van der Waals surface area contributed by atoms with Crippen molar-refractivity contribution in [2.24, 2.45) is 0 Å². The van der Waals surface area contributed by atoms with E-state index in [2.05, 4.69) is 15.5 Å². The van der Waals surface area contributed by atoms with E-state index in [-0.39, 0.29) is 35.4 Å². The first-order valence-corrected chi connectivity index (χ1v) is 10.8. The van der Waals surface area contributed by atoms with Gasteiger partial charge in [0, 0.05) is 12.8 Å². The van der Waals surface area contributed by atoms with Crippen molar-refractivity contribution in [3.05, 3.63) is 66.1 Å². The normalized spacial score (nSPS) is 11.3. The van der Waals surface area contributed by atoms with Crippen LogP contribution in [0.15, 0.2) is 57.9 Å². The number of carbonyl (C=O) groups excluding carboxylic acids is 1. The summed E-state index contributed by atoms with van der Waals surface area (Å²) < 4.78 is 48.2. The van der Waals surface area contributed by atoms with Crippen LogP contribution < -0.4 is 10.1 Å². The zero-order valence-corrected chi connectivity index (χ0v) is 17.0. The summed E-state index contributed by atoms with van der Waals surface area (Å²) in [6.45, 7) is 2.32. The maximum absolute atomic E-state index is 13.0. The molecule has 3 rings (SSSR count). The van der Waals surface area contributed by atoms with Crippen molar-refractivity contribution in [3.63, 3.8) is 0 Å². The van der Waals surface area contributed by atoms with Crippen LogP contribution in [0, 0.1) is 5.82 Å². The SMILES string of the molecule is CCOc1ccccc1NC(=O)CCc1nc(CS(=O)(=O)c2ccc(F)cc2)no1. The number of para-hydroxylation sites is 2. The number of benzene rings is 2. The molecule has 1 heterocycles. The molecule has 0 unspecified atom stereocenters. The fraction of sp³-hybridized carbons (Fsp3) is 0.250. The van der Waals surface area contributed by atoms with Gasteiger partial charge < -0.3 is 14.6 Å². The van der Waals surface area contributed by atoms with Crippen LogP contribution in [-0.4, -0.2) is 31.1 Å². The molecule has 1 amide bonds. The van der Waals surface area contributed by atoms with Gasteiger partial charge in [0.2, 0.25) is 11.8 Å². The average molecular weight is 433 g/mol. The second-order valence-electron chi connectivity index (χ2n) is 6.29. The highest BCUT2D eigenvalue weighted by Crippen LogP contribution is 2.24. The maximum Gasteiger partial charge on any atom is 0.227 e. The van der Waals surface area contributed by atoms with Crippen LogP contribution in [0.4, 0.5) is 10.1 Å². The fourth-order valence-electron chi connectivity index (χ4n) is 2.63. The molecule has 0 aliphatic rings. The molecule has 0 spiro atoms. The first-order chi connectivity index (χ1) is 14.4. The minimum atomic E-state index is -3.74. The Hall–Kier alpha value is -3.27. The van der Waals surface area contributed by atoms with E-state index < -0.39 is 21.4 Å². The predicted molar refractivity (Wildman–Crippen MR) is 106 cm³/mol. The monoisotopic (exact) mass is 433 g/mol. The lowest BCUT2D eigenvalue weighted by molar-refractivity contribution is -0.116. The van der Waals surface area contributed by atoms with Crippen LogP contribution in [0.25, 0.3) is 0 Å². The summed E-state index contributed by atoms with van der Waals surface area (Å²) in [6.07, 6.45) is 0.207. The van der Waals surface area contributed by atoms with Crippen molar-refractivity contribution >= 4 is 21.4 Å². The number of sulfone groups is 1. The molecule has 0 atom stereocenters. The highest BCUT2D eigenvalue weighted by atomic mass is 32.2. The molecule has 0 aliphatic carbocycles. The lowest BCUT2D eigenvalue weighted by Crippen LogP contribution is -2.13. The Kier molecular flexibility index (Phi) is 6.78. The molecule has 0 saturated carbocycles. The molecule has 2 aromatic carbocycles. The number of nitrogens with zero attached hydrogens (tertiary/aromatic N) is 2. The molecule has 30 heavy (non-hydrogen) atoms. The third kappa shape index (κ3) is 5.63. The van der Waals surface area contributed by atoms with Crippen molar-refractivity contribution in [2.45, 2.75) is 30.4 Å². The minimum Gasteiger partial charge on any atom is -0.492 e. The van der Waals surface area contributed by atoms with E-state index in [1.165, 1.54) is 12.1 Å². The summed E-state index contributed by atoms with van der Waals surface area (Å²) in [7, 11) is -3.74. The fourth-order valence-corrected chi connectivity index (χ4v) is 3.80. The number of carbonyl (C=O) groups is 1. The summed E-state index contributed by atoms with van der Waals surface area (Å²) in [5, 5.41) is 6.41. The van der Waals surface area contributed by atoms with Gasteiger partial charge in [0.1, 0.15) is 17.3 Å². The van der Waals surface area contributed by atoms with E-state index in [4.69, 9.17) is 9.26 Å². The summed E-state index contributed by atoms with van der Waals surface area (Å²) in [5.74, 6) is -0.613. The average Bonchev–Trinajstić information content (AvgIpc) is 3.15. The van der Waals surface area contributed by atoms with Gasteiger partial charge in [-0.2, -0.15) is 4.98 Å². The van der Waals surface area contributed by atoms with E-state index in [1.807, 2.05) is 6.92 Å². The van der Waals surface area contributed by atoms with Gasteiger partial charge in [-0.25, -0.2) is 12.8 Å². The van der Waals surface area contributed by atoms with Gasteiger partial charge in [-0.15, -0.1) is 0 Å². The van der Waals surface area contributed by atoms with Crippen LogP contribution in [0.1, 0.15) is 25.1 Å². The number of aryl methyl sites for hydroxylation is 1. The number of anilines is 1. The maximum atomic E-state index is 13.0. The highest BCUT2D eigenvalue weighted by Gasteiger charge is 2.20. The van der Waals surface area contributed by atoms with Crippen molar-refractivity contribution in [3.8, 4) is 5.75 Å². The predicted octanol–water partition coefficient (Wildman–Crippen LogP) is 3.15. The van der Waals surface area contributed by atoms with Crippen molar-refractivity contribution < 1.29 is 26.9 Å². The van der Waals surface area contributed by atoms with Crippen molar-refractivity contribution in [2.75, 3.05) is 11.9 Å². The number of nitrogens with one attached hydrogen (secondary N) is 1. The Bertz CT molecular complexity index is 1110. The molecular weight excluding hydrogens is 413 g/mol. The summed E-state index contributed by atoms with van der Waals surface area (Å²) in [5.41, 5.74) is 0.556. The molecule has 1 aromatic heterocycles. The third-order valence-electron chi connectivity index (χ3n) is 4.03. The topological polar surface area (TPSA) is 111 Å². The van der Waals surface area contributed by atoms with Crippen LogP contribution in [0.2, 0.25) is 0 Å². The van der Waals surface area contributed by atoms with Crippen LogP contribution >= 0.6 is 0 Å². The Labute approximate surface area is 173 Å². The largest absolute Gasteiger partial charge is 0.492 e. The summed E-state index contributed by atoms with van der Waals surface area (Å²) >= 11 is 0. The van der Waals surface area contributed by atoms with E-state index in [0.717, 1.165) is 12.1 Å². The lowest BCUT2D eigenvalue weighted by atomic mass is 10.2. The van der Waals surface area contributed by atoms with Crippen molar-refractivity contribution in [1.29, 1.82) is 0 Å². The van der Waals surface area contributed by atoms with E-state index in [9.17, 15) is 17.6 Å². The number of ether oxygens (including phenoxy) is 1. The first kappa shape index (κ1) is 21.4. The number of hydrogen-bond donors (Lipinski definition) is 1. The molecule has 8 nitrogen and oxygen atoms in total. The van der Waals surface area contributed by atoms with E-state index in [0.29, 0.717) is 18.0 Å². The molecule has 158 valence electrons. The highest BCUT2D eigenvalue weighted by molar-refractivity contribution is 7.90. The second kappa shape index (κ2) is 9.49. The Morgan fingerprint density at radius 3 is 2.63 bits per heavy atom. The Balaban J connectivity index is 1.57. The van der Waals surface area contributed by atoms with Crippen LogP contribution in [-0.2, 0) is 26.8 Å². The molecule has 10 heteroatoms.